The lowest BCUT2D eigenvalue weighted by molar-refractivity contribution is -0.0339. The van der Waals surface area contributed by atoms with E-state index in [-0.39, 0.29) is 12.7 Å². The van der Waals surface area contributed by atoms with Crippen molar-refractivity contribution in [2.75, 3.05) is 13.2 Å². The normalized spacial score (nSPS) is 29.6. The molecule has 0 aromatic carbocycles. The maximum absolute atomic E-state index is 8.27. The fourth-order valence-corrected chi connectivity index (χ4v) is 0.557. The Morgan fingerprint density at radius 2 is 2.57 bits per heavy atom. The van der Waals surface area contributed by atoms with Gasteiger partial charge in [-0.2, -0.15) is 0 Å². The SMILES string of the molecule is OC[CH]C1CCO1. The Labute approximate surface area is 43.1 Å². The highest BCUT2D eigenvalue weighted by atomic mass is 16.5. The van der Waals surface area contributed by atoms with Gasteiger partial charge in [-0.15, -0.1) is 0 Å². The molecule has 0 aromatic heterocycles. The molecule has 1 radical (unpaired) electrons. The van der Waals surface area contributed by atoms with Crippen LogP contribution in [0.25, 0.3) is 0 Å². The second-order valence-corrected chi connectivity index (χ2v) is 1.62. The lowest BCUT2D eigenvalue weighted by atomic mass is 10.1. The second kappa shape index (κ2) is 2.28. The Hall–Kier alpha value is -0.0800. The number of ether oxygens (including phenoxy) is 1. The molecule has 0 amide bonds. The highest BCUT2D eigenvalue weighted by molar-refractivity contribution is 4.80. The van der Waals surface area contributed by atoms with Gasteiger partial charge in [0.15, 0.2) is 0 Å². The molecule has 0 aromatic rings. The first-order valence-corrected chi connectivity index (χ1v) is 2.49. The largest absolute Gasteiger partial charge is 0.396 e. The third-order valence-corrected chi connectivity index (χ3v) is 1.10. The van der Waals surface area contributed by atoms with Gasteiger partial charge in [0, 0.05) is 19.6 Å². The number of aliphatic hydroxyl groups is 1. The standard InChI is InChI=1S/C5H9O2/c6-3-1-5-2-4-7-5/h1,5-6H,2-4H2. The molecule has 0 spiro atoms. The minimum absolute atomic E-state index is 0.144. The van der Waals surface area contributed by atoms with Crippen LogP contribution in [0.4, 0.5) is 0 Å². The summed E-state index contributed by atoms with van der Waals surface area (Å²) in [6.45, 7) is 1.01. The van der Waals surface area contributed by atoms with Crippen LogP contribution in [0.1, 0.15) is 6.42 Å². The second-order valence-electron chi connectivity index (χ2n) is 1.62. The molecule has 2 nitrogen and oxygen atoms in total. The Balaban J connectivity index is 1.93. The highest BCUT2D eigenvalue weighted by Crippen LogP contribution is 2.12. The average molecular weight is 101 g/mol. The number of hydrogen-bond donors (Lipinski definition) is 1. The van der Waals surface area contributed by atoms with Crippen LogP contribution >= 0.6 is 0 Å². The summed E-state index contributed by atoms with van der Waals surface area (Å²) >= 11 is 0. The maximum atomic E-state index is 8.27. The molecule has 2 heteroatoms. The van der Waals surface area contributed by atoms with Crippen LogP contribution in [0.2, 0.25) is 0 Å². The molecule has 1 aliphatic heterocycles. The minimum Gasteiger partial charge on any atom is -0.396 e. The van der Waals surface area contributed by atoms with Crippen molar-refractivity contribution in [2.45, 2.75) is 12.5 Å². The van der Waals surface area contributed by atoms with Crippen molar-refractivity contribution in [3.8, 4) is 0 Å². The van der Waals surface area contributed by atoms with E-state index in [1.54, 1.807) is 6.42 Å². The van der Waals surface area contributed by atoms with Gasteiger partial charge in [-0.3, -0.25) is 0 Å². The fourth-order valence-electron chi connectivity index (χ4n) is 0.557. The zero-order chi connectivity index (χ0) is 5.11. The van der Waals surface area contributed by atoms with Crippen molar-refractivity contribution < 1.29 is 9.84 Å². The lowest BCUT2D eigenvalue weighted by Crippen LogP contribution is -2.27. The topological polar surface area (TPSA) is 29.5 Å². The average Bonchev–Trinajstić information content (AvgIpc) is 1.55. The fraction of sp³-hybridized carbons (Fsp3) is 0.800. The van der Waals surface area contributed by atoms with Gasteiger partial charge < -0.3 is 9.84 Å². The van der Waals surface area contributed by atoms with Crippen molar-refractivity contribution in [1.29, 1.82) is 0 Å². The van der Waals surface area contributed by atoms with E-state index in [1.165, 1.54) is 0 Å². The highest BCUT2D eigenvalue weighted by Gasteiger charge is 2.16. The molecule has 0 aliphatic carbocycles. The van der Waals surface area contributed by atoms with E-state index in [9.17, 15) is 0 Å². The first kappa shape index (κ1) is 5.06. The molecule has 1 saturated heterocycles. The predicted molar refractivity (Wildman–Crippen MR) is 25.7 cm³/mol. The summed E-state index contributed by atoms with van der Waals surface area (Å²) in [6, 6.07) is 0. The lowest BCUT2D eigenvalue weighted by Gasteiger charge is -2.24. The molecule has 1 rings (SSSR count). The van der Waals surface area contributed by atoms with Crippen LogP contribution < -0.4 is 0 Å². The van der Waals surface area contributed by atoms with Crippen molar-refractivity contribution >= 4 is 0 Å². The van der Waals surface area contributed by atoms with Gasteiger partial charge in [-0.05, 0) is 6.42 Å². The monoisotopic (exact) mass is 101 g/mol. The molecule has 0 saturated carbocycles. The Morgan fingerprint density at radius 3 is 2.71 bits per heavy atom. The van der Waals surface area contributed by atoms with E-state index >= 15 is 0 Å². The Bertz CT molecular complexity index is 50.0. The first-order chi connectivity index (χ1) is 3.43. The summed E-state index contributed by atoms with van der Waals surface area (Å²) < 4.78 is 4.96. The smallest absolute Gasteiger partial charge is 0.0651 e. The van der Waals surface area contributed by atoms with Crippen LogP contribution in [0, 0.1) is 6.42 Å². The van der Waals surface area contributed by atoms with E-state index in [0.717, 1.165) is 13.0 Å². The number of rotatable bonds is 2. The van der Waals surface area contributed by atoms with Crippen LogP contribution in [-0.2, 0) is 4.74 Å². The van der Waals surface area contributed by atoms with Crippen LogP contribution in [0.15, 0.2) is 0 Å². The van der Waals surface area contributed by atoms with Crippen LogP contribution in [-0.4, -0.2) is 24.4 Å². The van der Waals surface area contributed by atoms with E-state index in [1.807, 2.05) is 0 Å². The van der Waals surface area contributed by atoms with Gasteiger partial charge in [0.2, 0.25) is 0 Å². The third-order valence-electron chi connectivity index (χ3n) is 1.10. The zero-order valence-corrected chi connectivity index (χ0v) is 4.13. The van der Waals surface area contributed by atoms with Gasteiger partial charge in [0.25, 0.3) is 0 Å². The molecule has 1 unspecified atom stereocenters. The van der Waals surface area contributed by atoms with Crippen molar-refractivity contribution in [3.63, 3.8) is 0 Å². The molecule has 0 bridgehead atoms. The van der Waals surface area contributed by atoms with E-state index in [2.05, 4.69) is 0 Å². The van der Waals surface area contributed by atoms with Gasteiger partial charge in [0.05, 0.1) is 6.10 Å². The van der Waals surface area contributed by atoms with Gasteiger partial charge >= 0.3 is 0 Å². The molecule has 1 atom stereocenters. The Kier molecular flexibility index (Phi) is 1.65. The van der Waals surface area contributed by atoms with Crippen molar-refractivity contribution in [3.05, 3.63) is 6.42 Å². The molecule has 41 valence electrons. The number of aliphatic hydroxyl groups excluding tert-OH is 1. The van der Waals surface area contributed by atoms with Gasteiger partial charge in [-0.1, -0.05) is 0 Å². The van der Waals surface area contributed by atoms with E-state index in [0.29, 0.717) is 0 Å². The molecular formula is C5H9O2. The number of hydrogen-bond acceptors (Lipinski definition) is 2. The van der Waals surface area contributed by atoms with Crippen molar-refractivity contribution in [2.24, 2.45) is 0 Å². The summed E-state index contributed by atoms with van der Waals surface area (Å²) in [4.78, 5) is 0. The summed E-state index contributed by atoms with van der Waals surface area (Å²) in [7, 11) is 0. The Morgan fingerprint density at radius 1 is 1.86 bits per heavy atom. The van der Waals surface area contributed by atoms with Gasteiger partial charge in [-0.25, -0.2) is 0 Å². The predicted octanol–water partition coefficient (Wildman–Crippen LogP) is -0.0281. The summed E-state index contributed by atoms with van der Waals surface area (Å²) in [5.74, 6) is 0. The maximum Gasteiger partial charge on any atom is 0.0651 e. The van der Waals surface area contributed by atoms with E-state index < -0.39 is 0 Å². The third kappa shape index (κ3) is 1.14. The van der Waals surface area contributed by atoms with Crippen LogP contribution in [0.5, 0.6) is 0 Å². The molecule has 1 heterocycles. The molecule has 1 aliphatic rings. The molecule has 7 heavy (non-hydrogen) atoms. The van der Waals surface area contributed by atoms with Crippen molar-refractivity contribution in [1.82, 2.24) is 0 Å². The zero-order valence-electron chi connectivity index (χ0n) is 4.13. The summed E-state index contributed by atoms with van der Waals surface area (Å²) in [6.07, 6.45) is 3.11. The van der Waals surface area contributed by atoms with Gasteiger partial charge in [0.1, 0.15) is 0 Å². The quantitative estimate of drug-likeness (QED) is 0.529. The van der Waals surface area contributed by atoms with Crippen LogP contribution in [0.3, 0.4) is 0 Å². The minimum atomic E-state index is 0.144. The van der Waals surface area contributed by atoms with E-state index in [4.69, 9.17) is 9.84 Å². The molecular weight excluding hydrogens is 92.1 g/mol. The first-order valence-electron chi connectivity index (χ1n) is 2.49. The molecule has 1 fully saturated rings. The summed E-state index contributed by atoms with van der Waals surface area (Å²) in [5.41, 5.74) is 0. The summed E-state index contributed by atoms with van der Waals surface area (Å²) in [5, 5.41) is 8.27. The molecule has 1 N–H and O–H groups in total.